The van der Waals surface area contributed by atoms with Crippen LogP contribution < -0.4 is 5.48 Å². The van der Waals surface area contributed by atoms with Crippen molar-refractivity contribution in [2.75, 3.05) is 0 Å². The first-order valence-corrected chi connectivity index (χ1v) is 2.65. The highest BCUT2D eigenvalue weighted by Crippen LogP contribution is 1.90. The Hall–Kier alpha value is -1.42. The highest BCUT2D eigenvalue weighted by molar-refractivity contribution is 5.93. The predicted molar refractivity (Wildman–Crippen MR) is 34.8 cm³/mol. The van der Waals surface area contributed by atoms with Gasteiger partial charge in [-0.05, 0) is 6.07 Å². The molecular weight excluding hydrogens is 130 g/mol. The molecule has 0 fully saturated rings. The van der Waals surface area contributed by atoms with Crippen LogP contribution in [0.2, 0.25) is 0 Å². The molecule has 0 amide bonds. The van der Waals surface area contributed by atoms with Crippen molar-refractivity contribution in [1.82, 2.24) is 10.5 Å². The molecule has 10 heavy (non-hydrogen) atoms. The normalized spacial score (nSPS) is 8.90. The first kappa shape index (κ1) is 6.70. The van der Waals surface area contributed by atoms with Crippen LogP contribution in [0.5, 0.6) is 0 Å². The predicted octanol–water partition coefficient (Wildman–Crippen LogP) is 0.186. The molecule has 0 bridgehead atoms. The molecule has 0 aromatic carbocycles. The zero-order valence-corrected chi connectivity index (χ0v) is 5.13. The minimum Gasteiger partial charge on any atom is -0.290 e. The van der Waals surface area contributed by atoms with Crippen LogP contribution in [-0.2, 0) is 0 Å². The van der Waals surface area contributed by atoms with Crippen molar-refractivity contribution in [2.24, 2.45) is 0 Å². The molecular formula is C6H6N3O. The van der Waals surface area contributed by atoms with E-state index >= 15 is 0 Å². The summed E-state index contributed by atoms with van der Waals surface area (Å²) in [7, 11) is 0. The third-order valence-corrected chi connectivity index (χ3v) is 0.984. The van der Waals surface area contributed by atoms with E-state index in [0.29, 0.717) is 5.69 Å². The Kier molecular flexibility index (Phi) is 1.96. The van der Waals surface area contributed by atoms with Gasteiger partial charge in [0.05, 0.1) is 0 Å². The van der Waals surface area contributed by atoms with E-state index in [1.54, 1.807) is 17.6 Å². The maximum Gasteiger partial charge on any atom is 0.168 e. The van der Waals surface area contributed by atoms with Crippen LogP contribution in [0.1, 0.15) is 5.69 Å². The summed E-state index contributed by atoms with van der Waals surface area (Å²) in [6, 6.07) is 5.89. The van der Waals surface area contributed by atoms with E-state index in [2.05, 4.69) is 11.1 Å². The van der Waals surface area contributed by atoms with E-state index in [9.17, 15) is 0 Å². The van der Waals surface area contributed by atoms with Crippen LogP contribution in [0.15, 0.2) is 18.3 Å². The van der Waals surface area contributed by atoms with E-state index in [1.807, 2.05) is 0 Å². The van der Waals surface area contributed by atoms with Gasteiger partial charge in [-0.2, -0.15) is 0 Å². The fourth-order valence-corrected chi connectivity index (χ4v) is 0.525. The lowest BCUT2D eigenvalue weighted by Gasteiger charge is -1.97. The minimum atomic E-state index is -0.117. The van der Waals surface area contributed by atoms with E-state index < -0.39 is 0 Å². The highest BCUT2D eigenvalue weighted by atomic mass is 16.5. The maximum atomic E-state index is 8.26. The lowest BCUT2D eigenvalue weighted by molar-refractivity contribution is 0.234. The number of nitrogens with zero attached hydrogens (tertiary/aromatic N) is 1. The number of nitrogens with one attached hydrogen (secondary N) is 2. The van der Waals surface area contributed by atoms with E-state index in [-0.39, 0.29) is 5.84 Å². The Balaban J connectivity index is 2.85. The summed E-state index contributed by atoms with van der Waals surface area (Å²) in [6.07, 6.45) is 1.43. The van der Waals surface area contributed by atoms with Gasteiger partial charge in [0.2, 0.25) is 0 Å². The lowest BCUT2D eigenvalue weighted by atomic mass is 10.3. The van der Waals surface area contributed by atoms with Gasteiger partial charge in [-0.25, -0.2) is 0 Å². The van der Waals surface area contributed by atoms with E-state index in [1.165, 1.54) is 6.20 Å². The fourth-order valence-electron chi connectivity index (χ4n) is 0.525. The third-order valence-electron chi connectivity index (χ3n) is 0.984. The average Bonchev–Trinajstić information content (AvgIpc) is 2.05. The van der Waals surface area contributed by atoms with Crippen molar-refractivity contribution in [3.05, 3.63) is 30.1 Å². The van der Waals surface area contributed by atoms with Crippen LogP contribution in [-0.4, -0.2) is 16.0 Å². The molecule has 0 unspecified atom stereocenters. The summed E-state index contributed by atoms with van der Waals surface area (Å²) in [5.74, 6) is -0.117. The van der Waals surface area contributed by atoms with Crippen LogP contribution in [0.4, 0.5) is 0 Å². The first-order valence-electron chi connectivity index (χ1n) is 2.65. The van der Waals surface area contributed by atoms with E-state index in [4.69, 9.17) is 10.6 Å². The van der Waals surface area contributed by atoms with Gasteiger partial charge in [-0.1, -0.05) is 6.07 Å². The maximum absolute atomic E-state index is 8.26. The Bertz CT molecular complexity index is 222. The number of amidine groups is 1. The molecule has 51 valence electrons. The summed E-state index contributed by atoms with van der Waals surface area (Å²) in [5, 5.41) is 15.3. The van der Waals surface area contributed by atoms with Crippen molar-refractivity contribution >= 4 is 5.84 Å². The lowest BCUT2D eigenvalue weighted by Crippen LogP contribution is -2.19. The number of aromatic nitrogens is 1. The van der Waals surface area contributed by atoms with E-state index in [0.717, 1.165) is 0 Å². The molecule has 1 aromatic heterocycles. The number of rotatable bonds is 1. The molecule has 1 radical (unpaired) electrons. The van der Waals surface area contributed by atoms with Crippen molar-refractivity contribution < 1.29 is 5.21 Å². The van der Waals surface area contributed by atoms with Gasteiger partial charge in [0.15, 0.2) is 5.84 Å². The molecule has 0 aliphatic carbocycles. The largest absolute Gasteiger partial charge is 0.290 e. The molecule has 0 spiro atoms. The molecule has 1 heterocycles. The Labute approximate surface area is 58.0 Å². The molecule has 1 rings (SSSR count). The smallest absolute Gasteiger partial charge is 0.168 e. The van der Waals surface area contributed by atoms with Gasteiger partial charge in [0, 0.05) is 12.3 Å². The molecule has 0 aliphatic rings. The molecule has 0 saturated heterocycles. The molecule has 0 saturated carbocycles. The van der Waals surface area contributed by atoms with Crippen molar-refractivity contribution in [1.29, 1.82) is 5.41 Å². The highest BCUT2D eigenvalue weighted by Gasteiger charge is 1.96. The van der Waals surface area contributed by atoms with Crippen LogP contribution in [0.25, 0.3) is 0 Å². The zero-order chi connectivity index (χ0) is 7.40. The monoisotopic (exact) mass is 136 g/mol. The van der Waals surface area contributed by atoms with Gasteiger partial charge in [-0.3, -0.25) is 21.1 Å². The number of hydrogen-bond acceptors (Lipinski definition) is 3. The summed E-state index contributed by atoms with van der Waals surface area (Å²) >= 11 is 0. The van der Waals surface area contributed by atoms with Gasteiger partial charge in [0.25, 0.3) is 0 Å². The summed E-state index contributed by atoms with van der Waals surface area (Å²) in [4.78, 5) is 3.75. The number of hydrogen-bond donors (Lipinski definition) is 3. The summed E-state index contributed by atoms with van der Waals surface area (Å²) < 4.78 is 0. The van der Waals surface area contributed by atoms with Crippen LogP contribution in [0.3, 0.4) is 0 Å². The topological polar surface area (TPSA) is 69.0 Å². The molecule has 0 aliphatic heterocycles. The molecule has 3 N–H and O–H groups in total. The second-order valence-corrected chi connectivity index (χ2v) is 1.63. The third kappa shape index (κ3) is 1.29. The van der Waals surface area contributed by atoms with Crippen LogP contribution >= 0.6 is 0 Å². The standard InChI is InChI=1S/C6H6N3O/c7-6(9-10)5-3-1-2-4-8-5/h1,3-4,10H,(H2,7,9). The summed E-state index contributed by atoms with van der Waals surface area (Å²) in [6.45, 7) is 0. The Morgan fingerprint density at radius 2 is 2.60 bits per heavy atom. The van der Waals surface area contributed by atoms with Gasteiger partial charge in [0.1, 0.15) is 5.69 Å². The number of pyridine rings is 1. The Morgan fingerprint density at radius 1 is 1.80 bits per heavy atom. The van der Waals surface area contributed by atoms with Gasteiger partial charge in [-0.15, -0.1) is 0 Å². The van der Waals surface area contributed by atoms with Gasteiger partial charge >= 0.3 is 0 Å². The summed E-state index contributed by atoms with van der Waals surface area (Å²) in [5.41, 5.74) is 2.08. The first-order chi connectivity index (χ1) is 4.84. The molecule has 4 nitrogen and oxygen atoms in total. The fraction of sp³-hybridized carbons (Fsp3) is 0. The molecule has 4 heteroatoms. The zero-order valence-electron chi connectivity index (χ0n) is 5.13. The van der Waals surface area contributed by atoms with Crippen molar-refractivity contribution in [3.8, 4) is 0 Å². The second-order valence-electron chi connectivity index (χ2n) is 1.63. The SMILES string of the molecule is N=C(NO)c1cc[c]cn1. The average molecular weight is 136 g/mol. The Morgan fingerprint density at radius 3 is 3.10 bits per heavy atom. The van der Waals surface area contributed by atoms with Gasteiger partial charge < -0.3 is 0 Å². The number of hydroxylamine groups is 1. The molecule has 1 aromatic rings. The van der Waals surface area contributed by atoms with Crippen molar-refractivity contribution in [2.45, 2.75) is 0 Å². The molecule has 0 atom stereocenters. The van der Waals surface area contributed by atoms with Crippen LogP contribution in [0, 0.1) is 11.5 Å². The van der Waals surface area contributed by atoms with Crippen molar-refractivity contribution in [3.63, 3.8) is 0 Å². The second kappa shape index (κ2) is 2.93. The quantitative estimate of drug-likeness (QED) is 0.293. The minimum absolute atomic E-state index is 0.117.